The van der Waals surface area contributed by atoms with Crippen LogP contribution in [0.1, 0.15) is 13.8 Å². The van der Waals surface area contributed by atoms with Crippen LogP contribution in [-0.4, -0.2) is 11.8 Å². The first kappa shape index (κ1) is 16.4. The second kappa shape index (κ2) is 6.22. The third kappa shape index (κ3) is 3.27. The van der Waals surface area contributed by atoms with Gasteiger partial charge in [-0.15, -0.1) is 11.3 Å². The highest BCUT2D eigenvalue weighted by atomic mass is 79.9. The first-order valence-corrected chi connectivity index (χ1v) is 9.16. The highest BCUT2D eigenvalue weighted by Crippen LogP contribution is 2.41. The summed E-state index contributed by atoms with van der Waals surface area (Å²) < 4.78 is 3.81. The van der Waals surface area contributed by atoms with Gasteiger partial charge in [0.15, 0.2) is 0 Å². The van der Waals surface area contributed by atoms with Gasteiger partial charge >= 0.3 is 0 Å². The first-order valence-electron chi connectivity index (χ1n) is 6.75. The minimum absolute atomic E-state index is 0.109. The molecule has 0 fully saturated rings. The largest absolute Gasteiger partial charge is 0.325 e. The zero-order valence-electron chi connectivity index (χ0n) is 12.3. The zero-order valence-corrected chi connectivity index (χ0v) is 16.3. The van der Waals surface area contributed by atoms with Crippen molar-refractivity contribution in [3.63, 3.8) is 0 Å². The molecule has 0 spiro atoms. The molecule has 2 amide bonds. The number of hydrogen-bond acceptors (Lipinski definition) is 3. The van der Waals surface area contributed by atoms with Crippen molar-refractivity contribution in [1.29, 1.82) is 0 Å². The van der Waals surface area contributed by atoms with E-state index in [1.807, 2.05) is 24.3 Å². The number of nitrogens with one attached hydrogen (secondary N) is 2. The Morgan fingerprint density at radius 3 is 1.57 bits per heavy atom. The monoisotopic (exact) mass is 454 g/mol. The fourth-order valence-electron chi connectivity index (χ4n) is 2.39. The van der Waals surface area contributed by atoms with Crippen molar-refractivity contribution in [1.82, 2.24) is 0 Å². The molecule has 1 aromatic heterocycles. The molecule has 7 heteroatoms. The van der Waals surface area contributed by atoms with Crippen molar-refractivity contribution < 1.29 is 9.59 Å². The van der Waals surface area contributed by atoms with Gasteiger partial charge in [0, 0.05) is 43.0 Å². The van der Waals surface area contributed by atoms with Gasteiger partial charge in [-0.25, -0.2) is 0 Å². The van der Waals surface area contributed by atoms with E-state index < -0.39 is 0 Å². The molecule has 0 aliphatic rings. The van der Waals surface area contributed by atoms with Crippen molar-refractivity contribution in [3.05, 3.63) is 33.2 Å². The topological polar surface area (TPSA) is 58.2 Å². The van der Waals surface area contributed by atoms with Crippen molar-refractivity contribution in [2.75, 3.05) is 10.6 Å². The first-order chi connectivity index (χ1) is 10.8. The average molecular weight is 456 g/mol. The minimum Gasteiger partial charge on any atom is -0.325 e. The van der Waals surface area contributed by atoms with Crippen LogP contribution in [0.2, 0.25) is 0 Å². The maximum atomic E-state index is 11.3. The highest BCUT2D eigenvalue weighted by molar-refractivity contribution is 9.11. The second-order valence-corrected chi connectivity index (χ2v) is 7.91. The molecular formula is C16H12Br2N2O2S. The quantitative estimate of drug-likeness (QED) is 0.536. The predicted molar refractivity (Wildman–Crippen MR) is 103 cm³/mol. The van der Waals surface area contributed by atoms with Crippen LogP contribution in [0.4, 0.5) is 11.4 Å². The van der Waals surface area contributed by atoms with Crippen molar-refractivity contribution in [2.45, 2.75) is 13.8 Å². The van der Waals surface area contributed by atoms with Gasteiger partial charge in [-0.05, 0) is 56.1 Å². The molecule has 3 aromatic rings. The lowest BCUT2D eigenvalue weighted by molar-refractivity contribution is -0.115. The summed E-state index contributed by atoms with van der Waals surface area (Å²) >= 11 is 8.62. The van der Waals surface area contributed by atoms with Crippen LogP contribution < -0.4 is 10.6 Å². The molecule has 0 bridgehead atoms. The molecular weight excluding hydrogens is 444 g/mol. The Balaban J connectivity index is 2.21. The van der Waals surface area contributed by atoms with Crippen LogP contribution in [0, 0.1) is 0 Å². The standard InChI is InChI=1S/C16H12Br2N2O2S/c1-7(21)19-13-5-15-9(3-11(13)17)10-4-12(18)14(20-8(2)22)6-16(10)23-15/h3-6H,1-2H3,(H,19,21)(H,20,22). The van der Waals surface area contributed by atoms with Gasteiger partial charge in [0.25, 0.3) is 0 Å². The Hall–Kier alpha value is -1.44. The molecule has 3 rings (SSSR count). The lowest BCUT2D eigenvalue weighted by Gasteiger charge is -2.06. The number of carbonyl (C=O) groups excluding carboxylic acids is 2. The Labute approximate surface area is 153 Å². The van der Waals surface area contributed by atoms with Crippen molar-refractivity contribution in [3.8, 4) is 0 Å². The minimum atomic E-state index is -0.109. The molecule has 2 N–H and O–H groups in total. The summed E-state index contributed by atoms with van der Waals surface area (Å²) in [5, 5.41) is 7.82. The van der Waals surface area contributed by atoms with Gasteiger partial charge < -0.3 is 10.6 Å². The Morgan fingerprint density at radius 1 is 0.826 bits per heavy atom. The van der Waals surface area contributed by atoms with Gasteiger partial charge in [0.05, 0.1) is 11.4 Å². The van der Waals surface area contributed by atoms with Gasteiger partial charge in [0.1, 0.15) is 0 Å². The molecule has 0 unspecified atom stereocenters. The maximum Gasteiger partial charge on any atom is 0.221 e. The third-order valence-electron chi connectivity index (χ3n) is 3.27. The van der Waals surface area contributed by atoms with Crippen LogP contribution in [-0.2, 0) is 9.59 Å². The molecule has 23 heavy (non-hydrogen) atoms. The molecule has 0 atom stereocenters. The van der Waals surface area contributed by atoms with E-state index in [0.717, 1.165) is 40.5 Å². The summed E-state index contributed by atoms with van der Waals surface area (Å²) in [6, 6.07) is 7.92. The van der Waals surface area contributed by atoms with Gasteiger partial charge in [-0.3, -0.25) is 9.59 Å². The Bertz CT molecular complexity index is 890. The van der Waals surface area contributed by atoms with Crippen LogP contribution in [0.3, 0.4) is 0 Å². The van der Waals surface area contributed by atoms with Gasteiger partial charge in [-0.2, -0.15) is 0 Å². The molecule has 118 valence electrons. The number of hydrogen-bond donors (Lipinski definition) is 2. The molecule has 0 saturated heterocycles. The smallest absolute Gasteiger partial charge is 0.221 e. The van der Waals surface area contributed by atoms with Crippen LogP contribution in [0.5, 0.6) is 0 Å². The highest BCUT2D eigenvalue weighted by Gasteiger charge is 2.13. The molecule has 0 aliphatic carbocycles. The average Bonchev–Trinajstić information content (AvgIpc) is 2.75. The number of carbonyl (C=O) groups is 2. The van der Waals surface area contributed by atoms with E-state index >= 15 is 0 Å². The van der Waals surface area contributed by atoms with E-state index in [1.54, 1.807) is 11.3 Å². The van der Waals surface area contributed by atoms with Gasteiger partial charge in [0.2, 0.25) is 11.8 Å². The summed E-state index contributed by atoms with van der Waals surface area (Å²) in [6.07, 6.45) is 0. The molecule has 2 aromatic carbocycles. The Morgan fingerprint density at radius 2 is 1.22 bits per heavy atom. The zero-order chi connectivity index (χ0) is 16.7. The summed E-state index contributed by atoms with van der Waals surface area (Å²) in [5.74, 6) is -0.219. The number of halogens is 2. The number of fused-ring (bicyclic) bond motifs is 3. The van der Waals surface area contributed by atoms with E-state index in [1.165, 1.54) is 13.8 Å². The molecule has 0 radical (unpaired) electrons. The van der Waals surface area contributed by atoms with Crippen LogP contribution in [0.25, 0.3) is 20.2 Å². The van der Waals surface area contributed by atoms with Gasteiger partial charge in [-0.1, -0.05) is 0 Å². The number of rotatable bonds is 2. The summed E-state index contributed by atoms with van der Waals surface area (Å²) in [6.45, 7) is 2.97. The SMILES string of the molecule is CC(=O)Nc1cc2sc3cc(NC(C)=O)c(Br)cc3c2cc1Br. The van der Waals surface area contributed by atoms with Crippen molar-refractivity contribution in [2.24, 2.45) is 0 Å². The fourth-order valence-corrected chi connectivity index (χ4v) is 4.42. The lowest BCUT2D eigenvalue weighted by atomic mass is 10.1. The van der Waals surface area contributed by atoms with Crippen LogP contribution in [0.15, 0.2) is 33.2 Å². The van der Waals surface area contributed by atoms with E-state index in [4.69, 9.17) is 0 Å². The van der Waals surface area contributed by atoms with E-state index in [0.29, 0.717) is 0 Å². The molecule has 1 heterocycles. The number of thiophene rings is 1. The van der Waals surface area contributed by atoms with E-state index in [-0.39, 0.29) is 11.8 Å². The van der Waals surface area contributed by atoms with E-state index in [9.17, 15) is 9.59 Å². The van der Waals surface area contributed by atoms with Crippen LogP contribution >= 0.6 is 43.2 Å². The molecule has 0 aliphatic heterocycles. The predicted octanol–water partition coefficient (Wildman–Crippen LogP) is 5.50. The number of amides is 2. The normalized spacial score (nSPS) is 11.0. The Kier molecular flexibility index (Phi) is 4.44. The second-order valence-electron chi connectivity index (χ2n) is 5.12. The van der Waals surface area contributed by atoms with Crippen molar-refractivity contribution >= 4 is 86.6 Å². The summed E-state index contributed by atoms with van der Waals surface area (Å²) in [7, 11) is 0. The molecule has 4 nitrogen and oxygen atoms in total. The molecule has 0 saturated carbocycles. The third-order valence-corrected chi connectivity index (χ3v) is 5.70. The lowest BCUT2D eigenvalue weighted by Crippen LogP contribution is -2.06. The number of benzene rings is 2. The number of anilines is 2. The van der Waals surface area contributed by atoms with E-state index in [2.05, 4.69) is 42.5 Å². The fraction of sp³-hybridized carbons (Fsp3) is 0.125. The summed E-state index contributed by atoms with van der Waals surface area (Å²) in [5.41, 5.74) is 1.50. The maximum absolute atomic E-state index is 11.3. The summed E-state index contributed by atoms with van der Waals surface area (Å²) in [4.78, 5) is 22.6.